The van der Waals surface area contributed by atoms with Gasteiger partial charge in [0.15, 0.2) is 0 Å². The van der Waals surface area contributed by atoms with Crippen molar-refractivity contribution in [2.24, 2.45) is 0 Å². The molecule has 1 aromatic carbocycles. The van der Waals surface area contributed by atoms with Gasteiger partial charge in [0.05, 0.1) is 6.07 Å². The molecule has 0 radical (unpaired) electrons. The maximum Gasteiger partial charge on any atom is 0.320 e. The van der Waals surface area contributed by atoms with Gasteiger partial charge in [0.2, 0.25) is 0 Å². The molecule has 1 atom stereocenters. The minimum absolute atomic E-state index is 0.434. The van der Waals surface area contributed by atoms with Crippen LogP contribution < -0.4 is 10.6 Å². The van der Waals surface area contributed by atoms with Crippen LogP contribution in [0.1, 0.15) is 19.8 Å². The first-order valence-corrected chi connectivity index (χ1v) is 6.24. The van der Waals surface area contributed by atoms with Gasteiger partial charge < -0.3 is 10.6 Å². The minimum Gasteiger partial charge on any atom is -0.322 e. The van der Waals surface area contributed by atoms with E-state index in [-0.39, 0.29) is 0 Å². The molecular formula is C12H13Cl2N3O. The van der Waals surface area contributed by atoms with Gasteiger partial charge in [0.25, 0.3) is 0 Å². The Labute approximate surface area is 116 Å². The number of halogens is 2. The Balaban J connectivity index is 2.62. The van der Waals surface area contributed by atoms with Crippen LogP contribution in [-0.4, -0.2) is 12.1 Å². The van der Waals surface area contributed by atoms with Gasteiger partial charge in [-0.25, -0.2) is 4.79 Å². The van der Waals surface area contributed by atoms with Gasteiger partial charge in [0.1, 0.15) is 6.04 Å². The molecule has 0 aliphatic rings. The van der Waals surface area contributed by atoms with Gasteiger partial charge in [-0.1, -0.05) is 36.5 Å². The molecule has 0 saturated heterocycles. The fraction of sp³-hybridized carbons (Fsp3) is 0.333. The van der Waals surface area contributed by atoms with Gasteiger partial charge in [-0.2, -0.15) is 5.26 Å². The van der Waals surface area contributed by atoms with E-state index in [0.717, 1.165) is 6.42 Å². The standard InChI is InChI=1S/C12H13Cl2N3O/c1-2-3-10(7-15)16-12(18)17-11-5-8(13)4-9(14)6-11/h4-6,10H,2-3H2,1H3,(H2,16,17,18). The van der Waals surface area contributed by atoms with Gasteiger partial charge >= 0.3 is 6.03 Å². The van der Waals surface area contributed by atoms with Crippen molar-refractivity contribution in [1.29, 1.82) is 5.26 Å². The smallest absolute Gasteiger partial charge is 0.320 e. The maximum absolute atomic E-state index is 11.6. The van der Waals surface area contributed by atoms with Crippen molar-refractivity contribution in [2.75, 3.05) is 5.32 Å². The third-order valence-corrected chi connectivity index (χ3v) is 2.60. The van der Waals surface area contributed by atoms with E-state index in [1.807, 2.05) is 13.0 Å². The lowest BCUT2D eigenvalue weighted by molar-refractivity contribution is 0.250. The zero-order chi connectivity index (χ0) is 13.5. The molecule has 2 N–H and O–H groups in total. The van der Waals surface area contributed by atoms with Gasteiger partial charge in [-0.3, -0.25) is 0 Å². The van der Waals surface area contributed by atoms with Crippen LogP contribution in [0.4, 0.5) is 10.5 Å². The Bertz CT molecular complexity index is 451. The second kappa shape index (κ2) is 7.10. The average molecular weight is 286 g/mol. The average Bonchev–Trinajstić information content (AvgIpc) is 2.26. The van der Waals surface area contributed by atoms with Crippen molar-refractivity contribution in [1.82, 2.24) is 5.32 Å². The first kappa shape index (κ1) is 14.6. The summed E-state index contributed by atoms with van der Waals surface area (Å²) in [5.74, 6) is 0. The zero-order valence-electron chi connectivity index (χ0n) is 9.84. The molecule has 0 aliphatic heterocycles. The molecule has 0 aromatic heterocycles. The van der Waals surface area contributed by atoms with Crippen molar-refractivity contribution in [3.05, 3.63) is 28.2 Å². The van der Waals surface area contributed by atoms with Crippen molar-refractivity contribution >= 4 is 34.9 Å². The molecule has 6 heteroatoms. The summed E-state index contributed by atoms with van der Waals surface area (Å²) in [6, 6.07) is 5.80. The minimum atomic E-state index is -0.496. The van der Waals surface area contributed by atoms with Crippen molar-refractivity contribution in [3.8, 4) is 6.07 Å². The van der Waals surface area contributed by atoms with Gasteiger partial charge in [-0.15, -0.1) is 0 Å². The summed E-state index contributed by atoms with van der Waals surface area (Å²) in [5.41, 5.74) is 0.484. The Morgan fingerprint density at radius 2 is 2.00 bits per heavy atom. The Kier molecular flexibility index (Phi) is 5.76. The number of benzene rings is 1. The number of carbonyl (C=O) groups excluding carboxylic acids is 1. The highest BCUT2D eigenvalue weighted by Crippen LogP contribution is 2.22. The number of hydrogen-bond acceptors (Lipinski definition) is 2. The highest BCUT2D eigenvalue weighted by Gasteiger charge is 2.10. The molecule has 0 aliphatic carbocycles. The topological polar surface area (TPSA) is 64.9 Å². The molecule has 18 heavy (non-hydrogen) atoms. The van der Waals surface area contributed by atoms with E-state index in [4.69, 9.17) is 28.5 Å². The highest BCUT2D eigenvalue weighted by atomic mass is 35.5. The highest BCUT2D eigenvalue weighted by molar-refractivity contribution is 6.35. The van der Waals surface area contributed by atoms with Crippen LogP contribution in [0.25, 0.3) is 0 Å². The quantitative estimate of drug-likeness (QED) is 0.884. The summed E-state index contributed by atoms with van der Waals surface area (Å²) in [5, 5.41) is 14.8. The third kappa shape index (κ3) is 4.82. The monoisotopic (exact) mass is 285 g/mol. The largest absolute Gasteiger partial charge is 0.322 e. The van der Waals surface area contributed by atoms with Crippen LogP contribution in [0, 0.1) is 11.3 Å². The number of nitrogens with one attached hydrogen (secondary N) is 2. The lowest BCUT2D eigenvalue weighted by atomic mass is 10.2. The second-order valence-corrected chi connectivity index (χ2v) is 4.60. The number of hydrogen-bond donors (Lipinski definition) is 2. The number of nitrogens with zero attached hydrogens (tertiary/aromatic N) is 1. The van der Waals surface area contributed by atoms with E-state index >= 15 is 0 Å². The van der Waals surface area contributed by atoms with E-state index < -0.39 is 12.1 Å². The number of carbonyl (C=O) groups is 1. The lowest BCUT2D eigenvalue weighted by Gasteiger charge is -2.12. The number of rotatable bonds is 4. The van der Waals surface area contributed by atoms with Crippen molar-refractivity contribution in [2.45, 2.75) is 25.8 Å². The predicted molar refractivity (Wildman–Crippen MR) is 72.9 cm³/mol. The third-order valence-electron chi connectivity index (χ3n) is 2.16. The van der Waals surface area contributed by atoms with Gasteiger partial charge in [0, 0.05) is 15.7 Å². The van der Waals surface area contributed by atoms with Crippen LogP contribution in [0.3, 0.4) is 0 Å². The molecule has 0 fully saturated rings. The van der Waals surface area contributed by atoms with Crippen LogP contribution in [-0.2, 0) is 0 Å². The van der Waals surface area contributed by atoms with E-state index in [2.05, 4.69) is 10.6 Å². The summed E-state index contributed by atoms with van der Waals surface area (Å²) in [6.45, 7) is 1.95. The fourth-order valence-electron chi connectivity index (χ4n) is 1.41. The van der Waals surface area contributed by atoms with Crippen LogP contribution in [0.5, 0.6) is 0 Å². The van der Waals surface area contributed by atoms with Crippen molar-refractivity contribution in [3.63, 3.8) is 0 Å². The van der Waals surface area contributed by atoms with E-state index in [0.29, 0.717) is 22.2 Å². The number of nitriles is 1. The summed E-state index contributed by atoms with van der Waals surface area (Å²) < 4.78 is 0. The second-order valence-electron chi connectivity index (χ2n) is 3.73. The molecule has 1 unspecified atom stereocenters. The van der Waals surface area contributed by atoms with E-state index in [1.54, 1.807) is 18.2 Å². The summed E-state index contributed by atoms with van der Waals surface area (Å²) in [7, 11) is 0. The van der Waals surface area contributed by atoms with Crippen LogP contribution in [0.2, 0.25) is 10.0 Å². The summed E-state index contributed by atoms with van der Waals surface area (Å²) >= 11 is 11.6. The first-order chi connectivity index (χ1) is 8.55. The maximum atomic E-state index is 11.6. The molecule has 0 heterocycles. The SMILES string of the molecule is CCCC(C#N)NC(=O)Nc1cc(Cl)cc(Cl)c1. The zero-order valence-corrected chi connectivity index (χ0v) is 11.3. The Hall–Kier alpha value is -1.44. The Morgan fingerprint density at radius 1 is 1.39 bits per heavy atom. The Morgan fingerprint density at radius 3 is 2.50 bits per heavy atom. The molecule has 0 spiro atoms. The predicted octanol–water partition coefficient (Wildman–Crippen LogP) is 3.81. The lowest BCUT2D eigenvalue weighted by Crippen LogP contribution is -2.36. The number of anilines is 1. The molecule has 96 valence electrons. The molecule has 1 rings (SSSR count). The molecule has 0 bridgehead atoms. The molecule has 4 nitrogen and oxygen atoms in total. The van der Waals surface area contributed by atoms with Crippen molar-refractivity contribution < 1.29 is 4.79 Å². The molecule has 1 aromatic rings. The van der Waals surface area contributed by atoms with E-state index in [1.165, 1.54) is 0 Å². The van der Waals surface area contributed by atoms with Gasteiger partial charge in [-0.05, 0) is 24.6 Å². The number of urea groups is 1. The first-order valence-electron chi connectivity index (χ1n) is 5.48. The summed E-state index contributed by atoms with van der Waals surface area (Å²) in [6.07, 6.45) is 1.43. The molecule has 2 amide bonds. The number of amides is 2. The molecule has 0 saturated carbocycles. The molecular weight excluding hydrogens is 273 g/mol. The fourth-order valence-corrected chi connectivity index (χ4v) is 1.94. The summed E-state index contributed by atoms with van der Waals surface area (Å²) in [4.78, 5) is 11.6. The van der Waals surface area contributed by atoms with E-state index in [9.17, 15) is 4.79 Å². The normalized spacial score (nSPS) is 11.4. The van der Waals surface area contributed by atoms with Crippen LogP contribution in [0.15, 0.2) is 18.2 Å². The van der Waals surface area contributed by atoms with Crippen LogP contribution >= 0.6 is 23.2 Å².